The zero-order valence-corrected chi connectivity index (χ0v) is 12.6. The van der Waals surface area contributed by atoms with E-state index in [1.165, 1.54) is 4.68 Å². The van der Waals surface area contributed by atoms with Crippen molar-refractivity contribution < 1.29 is 4.79 Å². The summed E-state index contributed by atoms with van der Waals surface area (Å²) in [4.78, 5) is 23.9. The van der Waals surface area contributed by atoms with E-state index in [1.807, 2.05) is 31.2 Å². The van der Waals surface area contributed by atoms with Gasteiger partial charge < -0.3 is 5.32 Å². The van der Waals surface area contributed by atoms with Gasteiger partial charge >= 0.3 is 0 Å². The molecular weight excluding hydrogens is 278 g/mol. The van der Waals surface area contributed by atoms with E-state index in [0.29, 0.717) is 24.6 Å². The van der Waals surface area contributed by atoms with Crippen molar-refractivity contribution in [3.8, 4) is 0 Å². The number of carbonyl (C=O) groups excluding carboxylic acids is 1. The van der Waals surface area contributed by atoms with E-state index in [1.54, 1.807) is 12.1 Å². The van der Waals surface area contributed by atoms with E-state index >= 15 is 0 Å². The molecule has 1 aromatic heterocycles. The average Bonchev–Trinajstić information content (AvgIpc) is 3.34. The predicted molar refractivity (Wildman–Crippen MR) is 84.0 cm³/mol. The number of nitrogens with zero attached hydrogens (tertiary/aromatic N) is 2. The van der Waals surface area contributed by atoms with E-state index in [9.17, 15) is 9.59 Å². The van der Waals surface area contributed by atoms with Gasteiger partial charge in [0.1, 0.15) is 0 Å². The van der Waals surface area contributed by atoms with E-state index in [4.69, 9.17) is 0 Å². The first-order chi connectivity index (χ1) is 10.6. The lowest BCUT2D eigenvalue weighted by molar-refractivity contribution is 0.0951. The lowest BCUT2D eigenvalue weighted by Crippen LogP contribution is -2.32. The molecule has 1 aliphatic rings. The zero-order chi connectivity index (χ0) is 15.5. The predicted octanol–water partition coefficient (Wildman–Crippen LogP) is 1.86. The fourth-order valence-corrected chi connectivity index (χ4v) is 2.42. The summed E-state index contributed by atoms with van der Waals surface area (Å²) in [6, 6.07) is 10.8. The molecule has 2 aromatic rings. The van der Waals surface area contributed by atoms with Crippen LogP contribution in [0.2, 0.25) is 0 Å². The number of hydrogen-bond donors (Lipinski definition) is 1. The van der Waals surface area contributed by atoms with Gasteiger partial charge in [0, 0.05) is 24.1 Å². The summed E-state index contributed by atoms with van der Waals surface area (Å²) >= 11 is 0. The average molecular weight is 297 g/mol. The molecule has 1 amide bonds. The number of aryl methyl sites for hydroxylation is 1. The van der Waals surface area contributed by atoms with Gasteiger partial charge in [-0.05, 0) is 37.5 Å². The molecule has 114 valence electrons. The summed E-state index contributed by atoms with van der Waals surface area (Å²) in [6.45, 7) is 2.67. The second-order valence-corrected chi connectivity index (χ2v) is 5.66. The van der Waals surface area contributed by atoms with Crippen LogP contribution < -0.4 is 10.9 Å². The number of benzene rings is 1. The Balaban J connectivity index is 1.61. The van der Waals surface area contributed by atoms with E-state index in [2.05, 4.69) is 10.4 Å². The topological polar surface area (TPSA) is 64.0 Å². The van der Waals surface area contributed by atoms with Crippen LogP contribution in [0.5, 0.6) is 0 Å². The Hall–Kier alpha value is -2.43. The van der Waals surface area contributed by atoms with Crippen molar-refractivity contribution in [2.24, 2.45) is 0 Å². The highest BCUT2D eigenvalue weighted by Crippen LogP contribution is 2.38. The van der Waals surface area contributed by atoms with Crippen LogP contribution in [0.3, 0.4) is 0 Å². The zero-order valence-electron chi connectivity index (χ0n) is 12.6. The maximum absolute atomic E-state index is 12.1. The van der Waals surface area contributed by atoms with Crippen LogP contribution >= 0.6 is 0 Å². The van der Waals surface area contributed by atoms with Crippen LogP contribution in [0, 0.1) is 6.92 Å². The molecule has 0 aliphatic heterocycles. The summed E-state index contributed by atoms with van der Waals surface area (Å²) in [5, 5.41) is 7.22. The molecule has 0 atom stereocenters. The molecule has 5 heteroatoms. The Morgan fingerprint density at radius 3 is 2.77 bits per heavy atom. The van der Waals surface area contributed by atoms with Gasteiger partial charge in [0.15, 0.2) is 0 Å². The summed E-state index contributed by atoms with van der Waals surface area (Å²) in [6.07, 6.45) is 2.30. The number of amides is 1. The van der Waals surface area contributed by atoms with Gasteiger partial charge in [-0.25, -0.2) is 4.68 Å². The maximum Gasteiger partial charge on any atom is 0.266 e. The van der Waals surface area contributed by atoms with Crippen molar-refractivity contribution >= 4 is 5.91 Å². The summed E-state index contributed by atoms with van der Waals surface area (Å²) < 4.78 is 1.44. The van der Waals surface area contributed by atoms with Crippen molar-refractivity contribution in [1.82, 2.24) is 15.1 Å². The van der Waals surface area contributed by atoms with E-state index < -0.39 is 0 Å². The van der Waals surface area contributed by atoms with Crippen LogP contribution in [0.15, 0.2) is 41.2 Å². The van der Waals surface area contributed by atoms with Gasteiger partial charge in [0.2, 0.25) is 0 Å². The molecule has 0 radical (unpaired) electrons. The molecule has 1 fully saturated rings. The third-order valence-corrected chi connectivity index (χ3v) is 3.88. The maximum atomic E-state index is 12.1. The number of rotatable bonds is 5. The molecule has 0 saturated heterocycles. The molecule has 1 aromatic carbocycles. The second-order valence-electron chi connectivity index (χ2n) is 5.66. The molecule has 0 unspecified atom stereocenters. The van der Waals surface area contributed by atoms with Gasteiger partial charge in [-0.3, -0.25) is 9.59 Å². The highest BCUT2D eigenvalue weighted by atomic mass is 16.2. The Kier molecular flexibility index (Phi) is 4.04. The number of hydrogen-bond acceptors (Lipinski definition) is 3. The smallest absolute Gasteiger partial charge is 0.266 e. The Bertz CT molecular complexity index is 748. The highest BCUT2D eigenvalue weighted by molar-refractivity contribution is 5.95. The van der Waals surface area contributed by atoms with Crippen LogP contribution in [0.25, 0.3) is 0 Å². The number of aromatic nitrogens is 2. The number of nitrogens with one attached hydrogen (secondary N) is 1. The minimum atomic E-state index is -0.130. The highest BCUT2D eigenvalue weighted by Gasteiger charge is 2.25. The molecule has 0 spiro atoms. The lowest BCUT2D eigenvalue weighted by Gasteiger charge is -2.09. The molecule has 1 N–H and O–H groups in total. The molecule has 3 rings (SSSR count). The fraction of sp³-hybridized carbons (Fsp3) is 0.353. The monoisotopic (exact) mass is 297 g/mol. The SMILES string of the molecule is Cc1ccccc1C(=O)NCCn1nc(C2CC2)ccc1=O. The van der Waals surface area contributed by atoms with Crippen molar-refractivity contribution in [1.29, 1.82) is 0 Å². The number of carbonyl (C=O) groups is 1. The lowest BCUT2D eigenvalue weighted by atomic mass is 10.1. The van der Waals surface area contributed by atoms with E-state index in [-0.39, 0.29) is 11.5 Å². The first kappa shape index (κ1) is 14.5. The summed E-state index contributed by atoms with van der Waals surface area (Å²) in [7, 11) is 0. The minimum absolute atomic E-state index is 0.121. The Morgan fingerprint density at radius 2 is 2.05 bits per heavy atom. The van der Waals surface area contributed by atoms with Gasteiger partial charge in [-0.2, -0.15) is 5.10 Å². The third-order valence-electron chi connectivity index (χ3n) is 3.88. The summed E-state index contributed by atoms with van der Waals surface area (Å²) in [5.74, 6) is 0.387. The molecular formula is C17H19N3O2. The quantitative estimate of drug-likeness (QED) is 0.916. The van der Waals surface area contributed by atoms with E-state index in [0.717, 1.165) is 24.1 Å². The minimum Gasteiger partial charge on any atom is -0.350 e. The van der Waals surface area contributed by atoms with Crippen LogP contribution in [-0.4, -0.2) is 22.2 Å². The van der Waals surface area contributed by atoms with Crippen LogP contribution in [0.1, 0.15) is 40.4 Å². The molecule has 1 aliphatic carbocycles. The normalized spacial score (nSPS) is 13.9. The second kappa shape index (κ2) is 6.13. The molecule has 1 heterocycles. The van der Waals surface area contributed by atoms with Gasteiger partial charge in [0.25, 0.3) is 11.5 Å². The first-order valence-corrected chi connectivity index (χ1v) is 7.57. The van der Waals surface area contributed by atoms with Crippen molar-refractivity contribution in [2.75, 3.05) is 6.54 Å². The Labute approximate surface area is 129 Å². The van der Waals surface area contributed by atoms with Crippen molar-refractivity contribution in [3.05, 3.63) is 63.6 Å². The summed E-state index contributed by atoms with van der Waals surface area (Å²) in [5.41, 5.74) is 2.44. The largest absolute Gasteiger partial charge is 0.350 e. The van der Waals surface area contributed by atoms with Crippen molar-refractivity contribution in [3.63, 3.8) is 0 Å². The van der Waals surface area contributed by atoms with Crippen LogP contribution in [-0.2, 0) is 6.54 Å². The van der Waals surface area contributed by atoms with Gasteiger partial charge in [-0.1, -0.05) is 18.2 Å². The third kappa shape index (κ3) is 3.24. The molecule has 5 nitrogen and oxygen atoms in total. The Morgan fingerprint density at radius 1 is 1.27 bits per heavy atom. The van der Waals surface area contributed by atoms with Gasteiger partial charge in [-0.15, -0.1) is 0 Å². The standard InChI is InChI=1S/C17H19N3O2/c1-12-4-2-3-5-14(12)17(22)18-10-11-20-16(21)9-8-15(19-20)13-6-7-13/h2-5,8-9,13H,6-7,10-11H2,1H3,(H,18,22). The van der Waals surface area contributed by atoms with Crippen LogP contribution in [0.4, 0.5) is 0 Å². The fourth-order valence-electron chi connectivity index (χ4n) is 2.42. The molecule has 22 heavy (non-hydrogen) atoms. The van der Waals surface area contributed by atoms with Crippen molar-refractivity contribution in [2.45, 2.75) is 32.2 Å². The first-order valence-electron chi connectivity index (χ1n) is 7.57. The van der Waals surface area contributed by atoms with Gasteiger partial charge in [0.05, 0.1) is 12.2 Å². The molecule has 1 saturated carbocycles. The molecule has 0 bridgehead atoms.